The van der Waals surface area contributed by atoms with Crippen LogP contribution in [0, 0.1) is 0 Å². The summed E-state index contributed by atoms with van der Waals surface area (Å²) in [6.45, 7) is 6.09. The number of ether oxygens (including phenoxy) is 2. The lowest BCUT2D eigenvalue weighted by Crippen LogP contribution is -2.54. The van der Waals surface area contributed by atoms with E-state index in [2.05, 4.69) is 22.3 Å². The van der Waals surface area contributed by atoms with Gasteiger partial charge in [0.2, 0.25) is 0 Å². The van der Waals surface area contributed by atoms with Crippen LogP contribution < -0.4 is 10.1 Å². The maximum atomic E-state index is 12.4. The number of aryl methyl sites for hydroxylation is 1. The van der Waals surface area contributed by atoms with E-state index in [1.807, 2.05) is 17.0 Å². The molecule has 2 amide bonds. The Hall–Kier alpha value is -1.79. The Morgan fingerprint density at radius 2 is 1.92 bits per heavy atom. The first-order valence-electron chi connectivity index (χ1n) is 9.73. The molecule has 0 saturated carbocycles. The van der Waals surface area contributed by atoms with Gasteiger partial charge in [-0.15, -0.1) is 0 Å². The van der Waals surface area contributed by atoms with Crippen molar-refractivity contribution in [3.05, 3.63) is 29.8 Å². The molecular weight excluding hydrogens is 330 g/mol. The molecule has 2 fully saturated rings. The molecule has 0 aliphatic carbocycles. The molecule has 3 rings (SSSR count). The number of methoxy groups -OCH3 is 1. The summed E-state index contributed by atoms with van der Waals surface area (Å²) >= 11 is 0. The Balaban J connectivity index is 1.35. The van der Waals surface area contributed by atoms with E-state index in [0.717, 1.165) is 77.4 Å². The minimum atomic E-state index is 0.0885. The van der Waals surface area contributed by atoms with Gasteiger partial charge in [0.05, 0.1) is 7.11 Å². The van der Waals surface area contributed by atoms with E-state index in [1.165, 1.54) is 5.56 Å². The molecule has 6 nitrogen and oxygen atoms in total. The number of hydrogen-bond donors (Lipinski definition) is 1. The second-order valence-electron chi connectivity index (χ2n) is 7.08. The third kappa shape index (κ3) is 5.35. The molecule has 0 aromatic heterocycles. The third-order valence-corrected chi connectivity index (χ3v) is 5.32. The first kappa shape index (κ1) is 19.0. The monoisotopic (exact) mass is 361 g/mol. The van der Waals surface area contributed by atoms with Gasteiger partial charge in [0, 0.05) is 45.4 Å². The van der Waals surface area contributed by atoms with Crippen LogP contribution in [0.3, 0.4) is 0 Å². The molecule has 1 aromatic rings. The molecule has 26 heavy (non-hydrogen) atoms. The van der Waals surface area contributed by atoms with Crippen LogP contribution in [0.25, 0.3) is 0 Å². The van der Waals surface area contributed by atoms with E-state index in [1.54, 1.807) is 7.11 Å². The molecule has 0 atom stereocenters. The summed E-state index contributed by atoms with van der Waals surface area (Å²) < 4.78 is 10.8. The standard InChI is InChI=1S/C20H31N3O3/c1-25-19-7-3-2-5-17(19)6-4-10-22-11-13-23(14-12-22)20(24)21-18-8-15-26-16-9-18/h2-3,5,7,18H,4,6,8-16H2,1H3,(H,21,24). The largest absolute Gasteiger partial charge is 0.496 e. The Morgan fingerprint density at radius 1 is 1.19 bits per heavy atom. The molecule has 2 heterocycles. The van der Waals surface area contributed by atoms with Gasteiger partial charge in [-0.05, 0) is 43.9 Å². The number of benzene rings is 1. The van der Waals surface area contributed by atoms with Crippen molar-refractivity contribution in [3.63, 3.8) is 0 Å². The van der Waals surface area contributed by atoms with Gasteiger partial charge in [-0.2, -0.15) is 0 Å². The zero-order valence-corrected chi connectivity index (χ0v) is 15.8. The van der Waals surface area contributed by atoms with Crippen molar-refractivity contribution < 1.29 is 14.3 Å². The minimum absolute atomic E-state index is 0.0885. The van der Waals surface area contributed by atoms with Crippen molar-refractivity contribution in [3.8, 4) is 5.75 Å². The van der Waals surface area contributed by atoms with Gasteiger partial charge in [0.25, 0.3) is 0 Å². The number of rotatable bonds is 6. The number of nitrogens with one attached hydrogen (secondary N) is 1. The van der Waals surface area contributed by atoms with Crippen LogP contribution >= 0.6 is 0 Å². The lowest BCUT2D eigenvalue weighted by molar-refractivity contribution is 0.0760. The molecule has 0 bridgehead atoms. The van der Waals surface area contributed by atoms with Crippen LogP contribution in [-0.4, -0.2) is 74.9 Å². The van der Waals surface area contributed by atoms with Gasteiger partial charge < -0.3 is 19.7 Å². The Labute approximate surface area is 156 Å². The molecular formula is C20H31N3O3. The van der Waals surface area contributed by atoms with Crippen molar-refractivity contribution in [2.45, 2.75) is 31.7 Å². The fourth-order valence-electron chi connectivity index (χ4n) is 3.69. The van der Waals surface area contributed by atoms with Crippen LogP contribution in [0.2, 0.25) is 0 Å². The van der Waals surface area contributed by atoms with Crippen LogP contribution in [0.5, 0.6) is 5.75 Å². The predicted octanol–water partition coefficient (Wildman–Crippen LogP) is 2.13. The molecule has 0 spiro atoms. The summed E-state index contributed by atoms with van der Waals surface area (Å²) in [5, 5.41) is 3.16. The van der Waals surface area contributed by atoms with Crippen LogP contribution in [0.4, 0.5) is 4.79 Å². The Kier molecular flexibility index (Phi) is 7.14. The van der Waals surface area contributed by atoms with Gasteiger partial charge in [0.1, 0.15) is 5.75 Å². The Morgan fingerprint density at radius 3 is 2.65 bits per heavy atom. The van der Waals surface area contributed by atoms with Crippen molar-refractivity contribution >= 4 is 6.03 Å². The smallest absolute Gasteiger partial charge is 0.317 e. The summed E-state index contributed by atoms with van der Waals surface area (Å²) in [7, 11) is 1.73. The first-order chi connectivity index (χ1) is 12.8. The molecule has 2 aliphatic heterocycles. The number of hydrogen-bond acceptors (Lipinski definition) is 4. The Bertz CT molecular complexity index is 567. The number of urea groups is 1. The summed E-state index contributed by atoms with van der Waals surface area (Å²) in [6, 6.07) is 8.59. The molecule has 0 unspecified atom stereocenters. The average Bonchev–Trinajstić information content (AvgIpc) is 2.69. The highest BCUT2D eigenvalue weighted by Gasteiger charge is 2.23. The summed E-state index contributed by atoms with van der Waals surface area (Å²) in [4.78, 5) is 16.8. The number of amides is 2. The highest BCUT2D eigenvalue weighted by atomic mass is 16.5. The van der Waals surface area contributed by atoms with Gasteiger partial charge >= 0.3 is 6.03 Å². The van der Waals surface area contributed by atoms with E-state index in [4.69, 9.17) is 9.47 Å². The summed E-state index contributed by atoms with van der Waals surface area (Å²) in [6.07, 6.45) is 3.98. The maximum absolute atomic E-state index is 12.4. The lowest BCUT2D eigenvalue weighted by atomic mass is 10.1. The highest BCUT2D eigenvalue weighted by molar-refractivity contribution is 5.74. The van der Waals surface area contributed by atoms with E-state index in [0.29, 0.717) is 0 Å². The molecule has 0 radical (unpaired) electrons. The number of para-hydroxylation sites is 1. The fourth-order valence-corrected chi connectivity index (χ4v) is 3.69. The molecule has 144 valence electrons. The molecule has 2 aliphatic rings. The van der Waals surface area contributed by atoms with Gasteiger partial charge in [-0.3, -0.25) is 4.90 Å². The van der Waals surface area contributed by atoms with E-state index < -0.39 is 0 Å². The van der Waals surface area contributed by atoms with Gasteiger partial charge in [-0.25, -0.2) is 4.79 Å². The SMILES string of the molecule is COc1ccccc1CCCN1CCN(C(=O)NC2CCOCC2)CC1. The maximum Gasteiger partial charge on any atom is 0.317 e. The van der Waals surface area contributed by atoms with Crippen LogP contribution in [0.1, 0.15) is 24.8 Å². The predicted molar refractivity (Wildman–Crippen MR) is 102 cm³/mol. The van der Waals surface area contributed by atoms with Crippen molar-refractivity contribution in [1.82, 2.24) is 15.1 Å². The molecule has 6 heteroatoms. The van der Waals surface area contributed by atoms with E-state index >= 15 is 0 Å². The molecule has 1 aromatic carbocycles. The topological polar surface area (TPSA) is 54.0 Å². The summed E-state index contributed by atoms with van der Waals surface area (Å²) in [5.74, 6) is 0.974. The second kappa shape index (κ2) is 9.78. The number of carbonyl (C=O) groups is 1. The van der Waals surface area contributed by atoms with Crippen molar-refractivity contribution in [2.75, 3.05) is 53.0 Å². The number of nitrogens with zero attached hydrogens (tertiary/aromatic N) is 2. The zero-order chi connectivity index (χ0) is 18.2. The lowest BCUT2D eigenvalue weighted by Gasteiger charge is -2.36. The van der Waals surface area contributed by atoms with Gasteiger partial charge in [0.15, 0.2) is 0 Å². The number of piperazine rings is 1. The third-order valence-electron chi connectivity index (χ3n) is 5.32. The first-order valence-corrected chi connectivity index (χ1v) is 9.73. The van der Waals surface area contributed by atoms with E-state index in [9.17, 15) is 4.79 Å². The fraction of sp³-hybridized carbons (Fsp3) is 0.650. The van der Waals surface area contributed by atoms with Crippen molar-refractivity contribution in [2.24, 2.45) is 0 Å². The second-order valence-corrected chi connectivity index (χ2v) is 7.08. The van der Waals surface area contributed by atoms with Crippen LogP contribution in [-0.2, 0) is 11.2 Å². The summed E-state index contributed by atoms with van der Waals surface area (Å²) in [5.41, 5.74) is 1.27. The molecule has 2 saturated heterocycles. The zero-order valence-electron chi connectivity index (χ0n) is 15.8. The average molecular weight is 361 g/mol. The number of carbonyl (C=O) groups excluding carboxylic acids is 1. The van der Waals surface area contributed by atoms with Crippen LogP contribution in [0.15, 0.2) is 24.3 Å². The quantitative estimate of drug-likeness (QED) is 0.843. The highest BCUT2D eigenvalue weighted by Crippen LogP contribution is 2.19. The molecule has 1 N–H and O–H groups in total. The minimum Gasteiger partial charge on any atom is -0.496 e. The van der Waals surface area contributed by atoms with E-state index in [-0.39, 0.29) is 12.1 Å². The normalized spacial score (nSPS) is 19.3. The van der Waals surface area contributed by atoms with Crippen molar-refractivity contribution in [1.29, 1.82) is 0 Å². The van der Waals surface area contributed by atoms with Gasteiger partial charge in [-0.1, -0.05) is 18.2 Å².